The monoisotopic (exact) mass is 250 g/mol. The van der Waals surface area contributed by atoms with Gasteiger partial charge in [-0.1, -0.05) is 56.2 Å². The van der Waals surface area contributed by atoms with Crippen molar-refractivity contribution in [3.8, 4) is 0 Å². The van der Waals surface area contributed by atoms with Gasteiger partial charge in [-0.2, -0.15) is 6.42 Å². The van der Waals surface area contributed by atoms with Gasteiger partial charge < -0.3 is 6.42 Å². The number of rotatable bonds is 4. The minimum absolute atomic E-state index is 0. The first-order valence-electron chi connectivity index (χ1n) is 4.76. The van der Waals surface area contributed by atoms with E-state index in [1.54, 1.807) is 0 Å². The minimum atomic E-state index is 0. The van der Waals surface area contributed by atoms with E-state index in [1.807, 2.05) is 0 Å². The van der Waals surface area contributed by atoms with Gasteiger partial charge >= 0.3 is 0 Å². The van der Waals surface area contributed by atoms with Crippen molar-refractivity contribution in [2.45, 2.75) is 32.6 Å². The summed E-state index contributed by atoms with van der Waals surface area (Å²) in [5.41, 5.74) is 1.45. The van der Waals surface area contributed by atoms with Crippen LogP contribution in [0.25, 0.3) is 0 Å². The summed E-state index contributed by atoms with van der Waals surface area (Å²) in [6, 6.07) is 10.7. The molecule has 1 rings (SSSR count). The maximum absolute atomic E-state index is 2.38. The van der Waals surface area contributed by atoms with Crippen molar-refractivity contribution < 1.29 is 32.7 Å². The Morgan fingerprint density at radius 1 is 1.15 bits per heavy atom. The summed E-state index contributed by atoms with van der Waals surface area (Å²) in [6.07, 6.45) is 4.75. The fraction of sp³-hybridized carbons (Fsp3) is 0.417. The van der Waals surface area contributed by atoms with Gasteiger partial charge in [0.1, 0.15) is 0 Å². The number of benzene rings is 1. The van der Waals surface area contributed by atoms with Gasteiger partial charge in [0, 0.05) is 32.7 Å². The summed E-state index contributed by atoms with van der Waals surface area (Å²) in [5, 5.41) is 0. The molecule has 0 aliphatic heterocycles. The maximum atomic E-state index is 2.38. The molecule has 13 heavy (non-hydrogen) atoms. The van der Waals surface area contributed by atoms with E-state index in [-0.39, 0.29) is 32.7 Å². The van der Waals surface area contributed by atoms with Crippen molar-refractivity contribution in [3.05, 3.63) is 42.3 Å². The molecule has 0 N–H and O–H groups in total. The van der Waals surface area contributed by atoms with Gasteiger partial charge in [0.25, 0.3) is 0 Å². The first-order valence-corrected chi connectivity index (χ1v) is 4.76. The van der Waals surface area contributed by atoms with Gasteiger partial charge in [0.2, 0.25) is 0 Å². The van der Waals surface area contributed by atoms with Crippen LogP contribution >= 0.6 is 0 Å². The molecule has 0 spiro atoms. The quantitative estimate of drug-likeness (QED) is 0.713. The molecule has 69 valence electrons. The molecule has 0 nitrogen and oxygen atoms in total. The van der Waals surface area contributed by atoms with Crippen LogP contribution in [0, 0.1) is 6.42 Å². The smallest absolute Gasteiger partial charge is 0 e. The Bertz CT molecular complexity index is 206. The zero-order valence-electron chi connectivity index (χ0n) is 8.53. The van der Waals surface area contributed by atoms with Gasteiger partial charge in [-0.15, -0.1) is 5.92 Å². The number of hydrogen-bond acceptors (Lipinski definition) is 0. The van der Waals surface area contributed by atoms with E-state index in [9.17, 15) is 0 Å². The van der Waals surface area contributed by atoms with E-state index < -0.39 is 0 Å². The van der Waals surface area contributed by atoms with E-state index in [1.165, 1.54) is 12.0 Å². The summed E-state index contributed by atoms with van der Waals surface area (Å²) < 4.78 is 0. The average molecular weight is 250 g/mol. The van der Waals surface area contributed by atoms with E-state index >= 15 is 0 Å². The third-order valence-corrected chi connectivity index (χ3v) is 2.19. The third kappa shape index (κ3) is 4.38. The molecule has 1 heteroatoms. The fourth-order valence-corrected chi connectivity index (χ4v) is 1.52. The van der Waals surface area contributed by atoms with Crippen molar-refractivity contribution in [2.75, 3.05) is 0 Å². The molecular weight excluding hydrogens is 233 g/mol. The SMILES string of the molecule is CC[CH-]C(CC)c1ccccc1.[Y]. The van der Waals surface area contributed by atoms with Crippen LogP contribution in [-0.2, 0) is 32.7 Å². The Hall–Kier alpha value is 0.324. The first kappa shape index (κ1) is 13.3. The summed E-state index contributed by atoms with van der Waals surface area (Å²) in [7, 11) is 0. The van der Waals surface area contributed by atoms with Gasteiger partial charge in [0.15, 0.2) is 0 Å². The van der Waals surface area contributed by atoms with Gasteiger partial charge in [-0.25, -0.2) is 0 Å². The molecule has 0 aliphatic rings. The zero-order valence-corrected chi connectivity index (χ0v) is 11.4. The topological polar surface area (TPSA) is 0 Å². The predicted octanol–water partition coefficient (Wildman–Crippen LogP) is 3.79. The third-order valence-electron chi connectivity index (χ3n) is 2.19. The molecule has 0 fully saturated rings. The second-order valence-corrected chi connectivity index (χ2v) is 3.07. The molecule has 0 saturated heterocycles. The van der Waals surface area contributed by atoms with Crippen LogP contribution in [0.1, 0.15) is 38.2 Å². The Balaban J connectivity index is 0.00000144. The van der Waals surface area contributed by atoms with E-state index in [4.69, 9.17) is 0 Å². The zero-order chi connectivity index (χ0) is 8.81. The summed E-state index contributed by atoms with van der Waals surface area (Å²) >= 11 is 0. The molecule has 0 saturated carbocycles. The molecular formula is C12H17Y-. The van der Waals surface area contributed by atoms with Crippen LogP contribution in [0.2, 0.25) is 0 Å². The van der Waals surface area contributed by atoms with Crippen LogP contribution in [-0.4, -0.2) is 0 Å². The molecule has 0 amide bonds. The van der Waals surface area contributed by atoms with Crippen molar-refractivity contribution in [1.29, 1.82) is 0 Å². The van der Waals surface area contributed by atoms with E-state index in [2.05, 4.69) is 50.6 Å². The predicted molar refractivity (Wildman–Crippen MR) is 54.1 cm³/mol. The molecule has 1 atom stereocenters. The Labute approximate surface area is 107 Å². The molecule has 1 unspecified atom stereocenters. The normalized spacial score (nSPS) is 11.8. The van der Waals surface area contributed by atoms with Crippen molar-refractivity contribution in [1.82, 2.24) is 0 Å². The molecule has 0 aliphatic carbocycles. The standard InChI is InChI=1S/C12H17.Y/c1-3-8-11(4-2)12-9-6-5-7-10-12;/h5-11H,3-4H2,1-2H3;/q-1;. The van der Waals surface area contributed by atoms with Crippen LogP contribution in [0.4, 0.5) is 0 Å². The summed E-state index contributed by atoms with van der Waals surface area (Å²) in [6.45, 7) is 4.44. The Morgan fingerprint density at radius 3 is 2.23 bits per heavy atom. The van der Waals surface area contributed by atoms with Gasteiger partial charge in [-0.05, 0) is 0 Å². The Morgan fingerprint density at radius 2 is 1.77 bits per heavy atom. The molecule has 1 aromatic carbocycles. The molecule has 1 aromatic rings. The van der Waals surface area contributed by atoms with Crippen molar-refractivity contribution in [2.24, 2.45) is 0 Å². The maximum Gasteiger partial charge on any atom is 0 e. The fourth-order valence-electron chi connectivity index (χ4n) is 1.52. The molecule has 0 bridgehead atoms. The number of hydrogen-bond donors (Lipinski definition) is 0. The van der Waals surface area contributed by atoms with E-state index in [0.717, 1.165) is 6.42 Å². The van der Waals surface area contributed by atoms with Crippen LogP contribution in [0.3, 0.4) is 0 Å². The van der Waals surface area contributed by atoms with Gasteiger partial charge in [-0.3, -0.25) is 0 Å². The molecule has 0 heterocycles. The largest absolute Gasteiger partial charge is 0.321 e. The second kappa shape index (κ2) is 7.70. The molecule has 1 radical (unpaired) electrons. The van der Waals surface area contributed by atoms with Crippen LogP contribution < -0.4 is 0 Å². The Kier molecular flexibility index (Phi) is 7.89. The van der Waals surface area contributed by atoms with Crippen LogP contribution in [0.15, 0.2) is 30.3 Å². The van der Waals surface area contributed by atoms with E-state index in [0.29, 0.717) is 5.92 Å². The second-order valence-electron chi connectivity index (χ2n) is 3.07. The van der Waals surface area contributed by atoms with Crippen LogP contribution in [0.5, 0.6) is 0 Å². The minimum Gasteiger partial charge on any atom is -0.321 e. The average Bonchev–Trinajstić information content (AvgIpc) is 2.15. The molecule has 0 aromatic heterocycles. The van der Waals surface area contributed by atoms with Crippen molar-refractivity contribution >= 4 is 0 Å². The summed E-state index contributed by atoms with van der Waals surface area (Å²) in [4.78, 5) is 0. The van der Waals surface area contributed by atoms with Crippen molar-refractivity contribution in [3.63, 3.8) is 0 Å². The first-order chi connectivity index (χ1) is 5.88. The summed E-state index contributed by atoms with van der Waals surface area (Å²) in [5.74, 6) is 0.649. The van der Waals surface area contributed by atoms with Gasteiger partial charge in [0.05, 0.1) is 0 Å².